The van der Waals surface area contributed by atoms with Crippen molar-refractivity contribution in [1.29, 1.82) is 0 Å². The van der Waals surface area contributed by atoms with E-state index in [-0.39, 0.29) is 51.7 Å². The maximum absolute atomic E-state index is 13.7. The predicted molar refractivity (Wildman–Crippen MR) is 134 cm³/mol. The first-order valence-electron chi connectivity index (χ1n) is 11.9. The molecule has 1 aromatic carbocycles. The Balaban J connectivity index is 1.56. The number of carbonyl (C=O) groups is 1. The third kappa shape index (κ3) is 3.97. The highest BCUT2D eigenvalue weighted by molar-refractivity contribution is 7.92. The standard InChI is InChI=1S/C23H30N4O7S2/c1-12(2)9-10-27-20-16-8-7-15(34-16)18(20)21(28)19(23(27)29)22-24-14-6-5-13(26(3)35(4,30)31)11-17(14)36(32,33)25-22/h5-6,11-12,15-16,18,20,28H,7-10H2,1-4H3,(H,24,25). The van der Waals surface area contributed by atoms with Gasteiger partial charge in [0.05, 0.1) is 41.8 Å². The molecule has 4 aliphatic rings. The molecule has 4 aliphatic heterocycles. The summed E-state index contributed by atoms with van der Waals surface area (Å²) in [5.41, 5.74) is 0.124. The molecule has 36 heavy (non-hydrogen) atoms. The molecule has 1 amide bonds. The number of aliphatic hydroxyl groups excluding tert-OH is 1. The Morgan fingerprint density at radius 1 is 1.28 bits per heavy atom. The van der Waals surface area contributed by atoms with Gasteiger partial charge in [-0.05, 0) is 43.4 Å². The SMILES string of the molecule is CC(C)CCN1C(=O)C(C2=NS(=O)(=O)c3cc(N(C)S(C)(=O)=O)ccc3N2)=C(O)C2C3CCC(O3)C21. The van der Waals surface area contributed by atoms with Crippen LogP contribution in [-0.2, 0) is 29.6 Å². The molecule has 1 aromatic rings. The maximum atomic E-state index is 13.7. The lowest BCUT2D eigenvalue weighted by Crippen LogP contribution is -2.56. The predicted octanol–water partition coefficient (Wildman–Crippen LogP) is 1.84. The third-order valence-corrected chi connectivity index (χ3v) is 9.92. The second kappa shape index (κ2) is 8.45. The second-order valence-corrected chi connectivity index (χ2v) is 13.8. The molecule has 0 aromatic heterocycles. The third-order valence-electron chi connectivity index (χ3n) is 7.39. The average molecular weight is 539 g/mol. The van der Waals surface area contributed by atoms with Gasteiger partial charge in [-0.15, -0.1) is 4.40 Å². The van der Waals surface area contributed by atoms with Crippen molar-refractivity contribution in [2.24, 2.45) is 16.2 Å². The van der Waals surface area contributed by atoms with E-state index < -0.39 is 31.9 Å². The Bertz CT molecular complexity index is 1400. The van der Waals surface area contributed by atoms with Gasteiger partial charge in [-0.2, -0.15) is 8.42 Å². The zero-order chi connectivity index (χ0) is 26.2. The van der Waals surface area contributed by atoms with Crippen LogP contribution >= 0.6 is 0 Å². The first kappa shape index (κ1) is 25.0. The van der Waals surface area contributed by atoms with Gasteiger partial charge in [-0.25, -0.2) is 8.42 Å². The first-order valence-corrected chi connectivity index (χ1v) is 15.2. The smallest absolute Gasteiger partial charge is 0.286 e. The molecule has 4 heterocycles. The highest BCUT2D eigenvalue weighted by atomic mass is 32.2. The van der Waals surface area contributed by atoms with Crippen molar-refractivity contribution >= 4 is 43.2 Å². The lowest BCUT2D eigenvalue weighted by Gasteiger charge is -2.42. The minimum absolute atomic E-state index is 0.138. The van der Waals surface area contributed by atoms with Crippen molar-refractivity contribution in [3.63, 3.8) is 0 Å². The van der Waals surface area contributed by atoms with Crippen molar-refractivity contribution in [2.75, 3.05) is 29.5 Å². The number of fused-ring (bicyclic) bond motifs is 6. The number of nitrogens with one attached hydrogen (secondary N) is 1. The van der Waals surface area contributed by atoms with E-state index in [1.807, 2.05) is 0 Å². The van der Waals surface area contributed by atoms with E-state index >= 15 is 0 Å². The topological polar surface area (TPSA) is 146 Å². The normalized spacial score (nSPS) is 28.6. The number of carbonyl (C=O) groups excluding carboxylic acids is 1. The number of anilines is 2. The van der Waals surface area contributed by atoms with Crippen LogP contribution in [0.15, 0.2) is 38.8 Å². The number of benzene rings is 1. The van der Waals surface area contributed by atoms with E-state index in [2.05, 4.69) is 23.6 Å². The summed E-state index contributed by atoms with van der Waals surface area (Å²) in [5, 5.41) is 14.2. The molecule has 2 bridgehead atoms. The molecule has 11 nitrogen and oxygen atoms in total. The molecule has 0 saturated carbocycles. The number of hydrogen-bond acceptors (Lipinski definition) is 8. The van der Waals surface area contributed by atoms with Crippen molar-refractivity contribution in [3.8, 4) is 0 Å². The van der Waals surface area contributed by atoms with Crippen LogP contribution in [-0.4, -0.2) is 76.7 Å². The summed E-state index contributed by atoms with van der Waals surface area (Å²) < 4.78 is 61.0. The number of rotatable bonds is 6. The van der Waals surface area contributed by atoms with Crippen LogP contribution in [0.1, 0.15) is 33.1 Å². The molecule has 2 saturated heterocycles. The van der Waals surface area contributed by atoms with Crippen LogP contribution in [0.3, 0.4) is 0 Å². The number of hydrogen-bond donors (Lipinski definition) is 2. The quantitative estimate of drug-likeness (QED) is 0.558. The van der Waals surface area contributed by atoms with Gasteiger partial charge in [0.25, 0.3) is 15.9 Å². The van der Waals surface area contributed by atoms with Gasteiger partial charge in [0.15, 0.2) is 5.84 Å². The lowest BCUT2D eigenvalue weighted by atomic mass is 9.77. The summed E-state index contributed by atoms with van der Waals surface area (Å²) in [7, 11) is -6.60. The van der Waals surface area contributed by atoms with Crippen LogP contribution in [0.2, 0.25) is 0 Å². The van der Waals surface area contributed by atoms with E-state index in [1.165, 1.54) is 25.2 Å². The van der Waals surface area contributed by atoms with Crippen LogP contribution in [0.5, 0.6) is 0 Å². The molecule has 0 spiro atoms. The maximum Gasteiger partial charge on any atom is 0.286 e. The highest BCUT2D eigenvalue weighted by Crippen LogP contribution is 2.48. The second-order valence-electron chi connectivity index (χ2n) is 10.2. The summed E-state index contributed by atoms with van der Waals surface area (Å²) in [5.74, 6) is -1.02. The van der Waals surface area contributed by atoms with Crippen LogP contribution in [0.25, 0.3) is 0 Å². The summed E-state index contributed by atoms with van der Waals surface area (Å²) >= 11 is 0. The number of amidine groups is 1. The Labute approximate surface area is 210 Å². The Kier molecular flexibility index (Phi) is 5.88. The Morgan fingerprint density at radius 3 is 2.64 bits per heavy atom. The molecule has 13 heteroatoms. The molecule has 4 unspecified atom stereocenters. The lowest BCUT2D eigenvalue weighted by molar-refractivity contribution is -0.132. The largest absolute Gasteiger partial charge is 0.511 e. The van der Waals surface area contributed by atoms with Gasteiger partial charge in [-0.1, -0.05) is 13.8 Å². The average Bonchev–Trinajstić information content (AvgIpc) is 3.39. The van der Waals surface area contributed by atoms with Crippen LogP contribution in [0, 0.1) is 11.8 Å². The van der Waals surface area contributed by atoms with E-state index in [9.17, 15) is 26.7 Å². The van der Waals surface area contributed by atoms with Gasteiger partial charge < -0.3 is 20.1 Å². The summed E-state index contributed by atoms with van der Waals surface area (Å²) in [4.78, 5) is 15.2. The highest BCUT2D eigenvalue weighted by Gasteiger charge is 2.58. The van der Waals surface area contributed by atoms with E-state index in [0.717, 1.165) is 29.8 Å². The number of ether oxygens (including phenoxy) is 1. The Hall–Kier alpha value is -2.64. The van der Waals surface area contributed by atoms with Crippen molar-refractivity contribution in [3.05, 3.63) is 29.5 Å². The fourth-order valence-corrected chi connectivity index (χ4v) is 7.10. The van der Waals surface area contributed by atoms with Gasteiger partial charge in [0.1, 0.15) is 16.2 Å². The van der Waals surface area contributed by atoms with Crippen LogP contribution in [0.4, 0.5) is 11.4 Å². The minimum atomic E-state index is -4.31. The number of aliphatic hydroxyl groups is 1. The molecular formula is C23H30N4O7S2. The molecule has 2 N–H and O–H groups in total. The first-order chi connectivity index (χ1) is 16.8. The van der Waals surface area contributed by atoms with Gasteiger partial charge in [0.2, 0.25) is 10.0 Å². The molecule has 4 atom stereocenters. The minimum Gasteiger partial charge on any atom is -0.511 e. The molecule has 0 radical (unpaired) electrons. The Morgan fingerprint density at radius 2 is 1.97 bits per heavy atom. The number of amides is 1. The summed E-state index contributed by atoms with van der Waals surface area (Å²) in [6.45, 7) is 4.57. The van der Waals surface area contributed by atoms with E-state index in [4.69, 9.17) is 4.74 Å². The number of sulfonamides is 2. The zero-order valence-corrected chi connectivity index (χ0v) is 22.1. The van der Waals surface area contributed by atoms with E-state index in [1.54, 1.807) is 4.90 Å². The summed E-state index contributed by atoms with van der Waals surface area (Å²) in [6, 6.07) is 3.80. The molecule has 5 rings (SSSR count). The summed E-state index contributed by atoms with van der Waals surface area (Å²) in [6.07, 6.45) is 2.93. The van der Waals surface area contributed by atoms with Gasteiger partial charge in [-0.3, -0.25) is 9.10 Å². The van der Waals surface area contributed by atoms with Gasteiger partial charge >= 0.3 is 0 Å². The molecule has 0 aliphatic carbocycles. The number of nitrogens with zero attached hydrogens (tertiary/aromatic N) is 3. The monoisotopic (exact) mass is 538 g/mol. The van der Waals surface area contributed by atoms with Crippen LogP contribution < -0.4 is 9.62 Å². The van der Waals surface area contributed by atoms with Crippen molar-refractivity contribution < 1.29 is 31.5 Å². The molecular weight excluding hydrogens is 508 g/mol. The zero-order valence-electron chi connectivity index (χ0n) is 20.5. The van der Waals surface area contributed by atoms with Crippen molar-refractivity contribution in [1.82, 2.24) is 4.90 Å². The molecule has 196 valence electrons. The van der Waals surface area contributed by atoms with Gasteiger partial charge in [0, 0.05) is 13.6 Å². The molecule has 2 fully saturated rings. The fourth-order valence-electron chi connectivity index (χ4n) is 5.46. The van der Waals surface area contributed by atoms with E-state index in [0.29, 0.717) is 12.5 Å². The van der Waals surface area contributed by atoms with Crippen molar-refractivity contribution in [2.45, 2.75) is 56.3 Å². The fraction of sp³-hybridized carbons (Fsp3) is 0.565.